The number of hydrogen-bond donors (Lipinski definition) is 2. The van der Waals surface area contributed by atoms with Crippen molar-refractivity contribution < 1.29 is 18.0 Å². The third-order valence-electron chi connectivity index (χ3n) is 4.44. The number of halogens is 1. The fraction of sp³-hybridized carbons (Fsp3) is 0.333. The Labute approximate surface area is 178 Å². The van der Waals surface area contributed by atoms with E-state index in [2.05, 4.69) is 14.9 Å². The molecule has 2 amide bonds. The zero-order valence-corrected chi connectivity index (χ0v) is 17.9. The van der Waals surface area contributed by atoms with Gasteiger partial charge in [-0.15, -0.1) is 11.3 Å². The number of nitrogens with zero attached hydrogens (tertiary/aromatic N) is 2. The first-order valence-electron chi connectivity index (χ1n) is 8.93. The largest absolute Gasteiger partial charge is 0.368 e. The fourth-order valence-electron chi connectivity index (χ4n) is 2.86. The maximum atomic E-state index is 12.3. The third-order valence-corrected chi connectivity index (χ3v) is 7.49. The summed E-state index contributed by atoms with van der Waals surface area (Å²) in [5.74, 6) is -0.756. The number of nitrogens with one attached hydrogen (secondary N) is 2. The molecule has 1 saturated heterocycles. The summed E-state index contributed by atoms with van der Waals surface area (Å²) >= 11 is 6.97. The molecule has 0 unspecified atom stereocenters. The summed E-state index contributed by atoms with van der Waals surface area (Å²) in [6, 6.07) is 10.6. The molecule has 1 aliphatic heterocycles. The van der Waals surface area contributed by atoms with Crippen molar-refractivity contribution in [3.8, 4) is 0 Å². The van der Waals surface area contributed by atoms with E-state index < -0.39 is 22.5 Å². The van der Waals surface area contributed by atoms with Crippen molar-refractivity contribution in [1.29, 1.82) is 0 Å². The number of thiophene rings is 1. The Morgan fingerprint density at radius 2 is 1.72 bits per heavy atom. The minimum absolute atomic E-state index is 0.139. The highest BCUT2D eigenvalue weighted by Gasteiger charge is 2.22. The zero-order chi connectivity index (χ0) is 20.9. The molecule has 156 valence electrons. The Hall–Kier alpha value is -2.14. The van der Waals surface area contributed by atoms with Crippen LogP contribution in [0.4, 0.5) is 5.69 Å². The molecule has 0 spiro atoms. The van der Waals surface area contributed by atoms with Gasteiger partial charge in [-0.2, -0.15) is 0 Å². The molecule has 3 rings (SSSR count). The van der Waals surface area contributed by atoms with Crippen LogP contribution in [0.2, 0.25) is 5.02 Å². The molecule has 0 bridgehead atoms. The molecule has 1 aromatic carbocycles. The number of sulfonamides is 1. The second-order valence-corrected chi connectivity index (χ2v) is 9.76. The van der Waals surface area contributed by atoms with E-state index in [-0.39, 0.29) is 16.7 Å². The van der Waals surface area contributed by atoms with Crippen molar-refractivity contribution in [1.82, 2.24) is 14.9 Å². The van der Waals surface area contributed by atoms with Crippen molar-refractivity contribution in [3.05, 3.63) is 46.8 Å². The van der Waals surface area contributed by atoms with Crippen LogP contribution in [0.15, 0.2) is 46.0 Å². The lowest BCUT2D eigenvalue weighted by Gasteiger charge is -2.36. The van der Waals surface area contributed by atoms with Crippen molar-refractivity contribution >= 4 is 50.5 Å². The monoisotopic (exact) mass is 456 g/mol. The van der Waals surface area contributed by atoms with Gasteiger partial charge in [0.2, 0.25) is 11.8 Å². The van der Waals surface area contributed by atoms with E-state index >= 15 is 0 Å². The van der Waals surface area contributed by atoms with E-state index in [9.17, 15) is 18.0 Å². The van der Waals surface area contributed by atoms with E-state index in [1.807, 2.05) is 24.3 Å². The molecule has 0 radical (unpaired) electrons. The Balaban J connectivity index is 1.39. The summed E-state index contributed by atoms with van der Waals surface area (Å²) in [6.45, 7) is 1.87. The maximum absolute atomic E-state index is 12.3. The predicted octanol–water partition coefficient (Wildman–Crippen LogP) is 1.14. The molecule has 2 aromatic rings. The van der Waals surface area contributed by atoms with Gasteiger partial charge in [-0.25, -0.2) is 13.1 Å². The minimum atomic E-state index is -3.71. The molecule has 0 aliphatic carbocycles. The Bertz CT molecular complexity index is 941. The van der Waals surface area contributed by atoms with E-state index in [1.54, 1.807) is 16.3 Å². The maximum Gasteiger partial charge on any atom is 0.250 e. The molecule has 8 nitrogen and oxygen atoms in total. The van der Waals surface area contributed by atoms with Gasteiger partial charge in [0, 0.05) is 36.9 Å². The van der Waals surface area contributed by atoms with Crippen LogP contribution in [0.3, 0.4) is 0 Å². The summed E-state index contributed by atoms with van der Waals surface area (Å²) in [5, 5.41) is 4.78. The van der Waals surface area contributed by atoms with Gasteiger partial charge in [-0.3, -0.25) is 9.59 Å². The van der Waals surface area contributed by atoms with Gasteiger partial charge in [0.05, 0.1) is 13.1 Å². The molecule has 2 heterocycles. The van der Waals surface area contributed by atoms with Crippen molar-refractivity contribution in [3.63, 3.8) is 0 Å². The highest BCUT2D eigenvalue weighted by molar-refractivity contribution is 7.91. The van der Waals surface area contributed by atoms with Gasteiger partial charge in [0.15, 0.2) is 0 Å². The lowest BCUT2D eigenvalue weighted by molar-refractivity contribution is -0.132. The molecule has 1 aromatic heterocycles. The summed E-state index contributed by atoms with van der Waals surface area (Å²) in [7, 11) is -3.71. The standard InChI is InChI=1S/C18H21ClN4O4S2/c19-14-3-5-15(6-4-14)22-7-9-23(10-8-22)17(25)13-20-16(24)12-21-29(26,27)18-2-1-11-28-18/h1-6,11,21H,7-10,12-13H2,(H,20,24). The van der Waals surface area contributed by atoms with Crippen molar-refractivity contribution in [2.24, 2.45) is 0 Å². The first kappa shape index (κ1) is 21.6. The highest BCUT2D eigenvalue weighted by Crippen LogP contribution is 2.19. The first-order chi connectivity index (χ1) is 13.8. The first-order valence-corrected chi connectivity index (χ1v) is 11.7. The molecule has 0 saturated carbocycles. The molecule has 0 atom stereocenters. The average molecular weight is 457 g/mol. The molecule has 1 fully saturated rings. The topological polar surface area (TPSA) is 98.8 Å². The predicted molar refractivity (Wildman–Crippen MR) is 113 cm³/mol. The van der Waals surface area contributed by atoms with Gasteiger partial charge in [-0.05, 0) is 35.7 Å². The number of carbonyl (C=O) groups is 2. The molecular formula is C18H21ClN4O4S2. The number of rotatable bonds is 7. The normalized spacial score (nSPS) is 14.7. The summed E-state index contributed by atoms with van der Waals surface area (Å²) < 4.78 is 26.3. The van der Waals surface area contributed by atoms with E-state index in [0.717, 1.165) is 17.0 Å². The van der Waals surface area contributed by atoms with Gasteiger partial charge in [-0.1, -0.05) is 17.7 Å². The van der Waals surface area contributed by atoms with E-state index in [4.69, 9.17) is 11.6 Å². The summed E-state index contributed by atoms with van der Waals surface area (Å²) in [4.78, 5) is 28.1. The van der Waals surface area contributed by atoms with Crippen LogP contribution in [0.25, 0.3) is 0 Å². The lowest BCUT2D eigenvalue weighted by Crippen LogP contribution is -2.51. The van der Waals surface area contributed by atoms with Crippen molar-refractivity contribution in [2.45, 2.75) is 4.21 Å². The van der Waals surface area contributed by atoms with Crippen LogP contribution in [-0.4, -0.2) is 64.4 Å². The van der Waals surface area contributed by atoms with E-state index in [0.29, 0.717) is 31.2 Å². The third kappa shape index (κ3) is 5.92. The van der Waals surface area contributed by atoms with Crippen LogP contribution in [0.5, 0.6) is 0 Å². The Morgan fingerprint density at radius 1 is 1.03 bits per heavy atom. The molecule has 1 aliphatic rings. The number of piperazine rings is 1. The van der Waals surface area contributed by atoms with Crippen LogP contribution in [-0.2, 0) is 19.6 Å². The highest BCUT2D eigenvalue weighted by atomic mass is 35.5. The second-order valence-electron chi connectivity index (χ2n) is 6.38. The summed E-state index contributed by atoms with van der Waals surface area (Å²) in [5.41, 5.74) is 1.05. The molecule has 29 heavy (non-hydrogen) atoms. The quantitative estimate of drug-likeness (QED) is 0.651. The van der Waals surface area contributed by atoms with E-state index in [1.165, 1.54) is 6.07 Å². The van der Waals surface area contributed by atoms with Gasteiger partial charge >= 0.3 is 0 Å². The smallest absolute Gasteiger partial charge is 0.250 e. The number of hydrogen-bond acceptors (Lipinski definition) is 6. The molecule has 11 heteroatoms. The average Bonchev–Trinajstić information content (AvgIpc) is 3.27. The number of amides is 2. The Morgan fingerprint density at radius 3 is 2.34 bits per heavy atom. The van der Waals surface area contributed by atoms with Gasteiger partial charge in [0.25, 0.3) is 10.0 Å². The number of carbonyl (C=O) groups excluding carboxylic acids is 2. The van der Waals surface area contributed by atoms with Crippen LogP contribution >= 0.6 is 22.9 Å². The number of anilines is 1. The SMILES string of the molecule is O=C(CNS(=O)(=O)c1cccs1)NCC(=O)N1CCN(c2ccc(Cl)cc2)CC1. The minimum Gasteiger partial charge on any atom is -0.368 e. The number of benzene rings is 1. The molecular weight excluding hydrogens is 436 g/mol. The van der Waals surface area contributed by atoms with Gasteiger partial charge in [0.1, 0.15) is 4.21 Å². The second kappa shape index (κ2) is 9.57. The van der Waals surface area contributed by atoms with Crippen LogP contribution in [0, 0.1) is 0 Å². The summed E-state index contributed by atoms with van der Waals surface area (Å²) in [6.07, 6.45) is 0. The van der Waals surface area contributed by atoms with Crippen LogP contribution in [0.1, 0.15) is 0 Å². The Kier molecular flexibility index (Phi) is 7.12. The molecule has 2 N–H and O–H groups in total. The lowest BCUT2D eigenvalue weighted by atomic mass is 10.2. The zero-order valence-electron chi connectivity index (χ0n) is 15.5. The van der Waals surface area contributed by atoms with Crippen LogP contribution < -0.4 is 14.9 Å². The van der Waals surface area contributed by atoms with Gasteiger partial charge < -0.3 is 15.1 Å². The fourth-order valence-corrected chi connectivity index (χ4v) is 5.01. The van der Waals surface area contributed by atoms with Crippen molar-refractivity contribution in [2.75, 3.05) is 44.2 Å².